The van der Waals surface area contributed by atoms with Crippen LogP contribution in [0.5, 0.6) is 0 Å². The number of anilines is 2. The number of methoxy groups -OCH3 is 1. The van der Waals surface area contributed by atoms with Crippen LogP contribution in [0.3, 0.4) is 0 Å². The van der Waals surface area contributed by atoms with Gasteiger partial charge in [0.1, 0.15) is 5.82 Å². The second kappa shape index (κ2) is 6.86. The van der Waals surface area contributed by atoms with Gasteiger partial charge in [-0.15, -0.1) is 0 Å². The van der Waals surface area contributed by atoms with Gasteiger partial charge in [-0.25, -0.2) is 4.98 Å². The van der Waals surface area contributed by atoms with Crippen LogP contribution >= 0.6 is 0 Å². The first-order chi connectivity index (χ1) is 9.69. The zero-order valence-electron chi connectivity index (χ0n) is 12.1. The van der Waals surface area contributed by atoms with Gasteiger partial charge in [-0.3, -0.25) is 0 Å². The Balaban J connectivity index is 2.01. The standard InChI is InChI=1S/C15H20N4O/c1-19(2)15-16-8-7-14(18-15)17-10-12-5-4-6-13(9-12)11-20-3/h4-9H,10-11H2,1-3H3,(H,16,17,18). The number of ether oxygens (including phenoxy) is 1. The molecule has 5 heteroatoms. The largest absolute Gasteiger partial charge is 0.380 e. The Morgan fingerprint density at radius 2 is 2.00 bits per heavy atom. The molecular formula is C15H20N4O. The number of nitrogens with one attached hydrogen (secondary N) is 1. The number of rotatable bonds is 6. The van der Waals surface area contributed by atoms with E-state index < -0.39 is 0 Å². The lowest BCUT2D eigenvalue weighted by atomic mass is 10.1. The van der Waals surface area contributed by atoms with E-state index in [2.05, 4.69) is 33.5 Å². The Kier molecular flexibility index (Phi) is 4.90. The van der Waals surface area contributed by atoms with Crippen molar-refractivity contribution in [3.8, 4) is 0 Å². The molecule has 0 aliphatic carbocycles. The fourth-order valence-electron chi connectivity index (χ4n) is 1.85. The summed E-state index contributed by atoms with van der Waals surface area (Å²) in [7, 11) is 5.55. The average molecular weight is 272 g/mol. The minimum absolute atomic E-state index is 0.631. The molecule has 0 radical (unpaired) electrons. The molecule has 0 atom stereocenters. The molecule has 20 heavy (non-hydrogen) atoms. The van der Waals surface area contributed by atoms with Gasteiger partial charge in [-0.05, 0) is 17.2 Å². The predicted octanol–water partition coefficient (Wildman–Crippen LogP) is 2.30. The zero-order valence-corrected chi connectivity index (χ0v) is 12.1. The van der Waals surface area contributed by atoms with E-state index in [0.29, 0.717) is 12.6 Å². The number of hydrogen-bond donors (Lipinski definition) is 1. The minimum Gasteiger partial charge on any atom is -0.380 e. The zero-order chi connectivity index (χ0) is 14.4. The number of aromatic nitrogens is 2. The van der Waals surface area contributed by atoms with E-state index in [1.807, 2.05) is 31.1 Å². The van der Waals surface area contributed by atoms with E-state index in [0.717, 1.165) is 12.4 Å². The Labute approximate surface area is 119 Å². The maximum absolute atomic E-state index is 5.14. The average Bonchev–Trinajstić information content (AvgIpc) is 2.46. The quantitative estimate of drug-likeness (QED) is 0.874. The van der Waals surface area contributed by atoms with Crippen molar-refractivity contribution in [2.24, 2.45) is 0 Å². The van der Waals surface area contributed by atoms with Crippen molar-refractivity contribution in [1.29, 1.82) is 0 Å². The third kappa shape index (κ3) is 3.93. The highest BCUT2D eigenvalue weighted by Gasteiger charge is 2.01. The summed E-state index contributed by atoms with van der Waals surface area (Å²) in [6.45, 7) is 1.35. The molecule has 0 saturated heterocycles. The SMILES string of the molecule is COCc1cccc(CNc2ccnc(N(C)C)n2)c1. The molecule has 0 aliphatic rings. The summed E-state index contributed by atoms with van der Waals surface area (Å²) in [6.07, 6.45) is 1.76. The molecular weight excluding hydrogens is 252 g/mol. The molecule has 1 aromatic heterocycles. The fraction of sp³-hybridized carbons (Fsp3) is 0.333. The van der Waals surface area contributed by atoms with Gasteiger partial charge in [0.25, 0.3) is 0 Å². The third-order valence-corrected chi connectivity index (χ3v) is 2.82. The van der Waals surface area contributed by atoms with Gasteiger partial charge < -0.3 is 15.0 Å². The molecule has 1 heterocycles. The highest BCUT2D eigenvalue weighted by molar-refractivity contribution is 5.41. The number of nitrogens with zero attached hydrogens (tertiary/aromatic N) is 3. The Hall–Kier alpha value is -2.14. The molecule has 2 aromatic rings. The Morgan fingerprint density at radius 1 is 1.20 bits per heavy atom. The van der Waals surface area contributed by atoms with E-state index in [9.17, 15) is 0 Å². The van der Waals surface area contributed by atoms with E-state index >= 15 is 0 Å². The van der Waals surface area contributed by atoms with Crippen molar-refractivity contribution in [3.05, 3.63) is 47.7 Å². The first-order valence-corrected chi connectivity index (χ1v) is 6.50. The second-order valence-corrected chi connectivity index (χ2v) is 4.74. The highest BCUT2D eigenvalue weighted by Crippen LogP contribution is 2.11. The predicted molar refractivity (Wildman–Crippen MR) is 80.8 cm³/mol. The van der Waals surface area contributed by atoms with Crippen molar-refractivity contribution in [1.82, 2.24) is 9.97 Å². The summed E-state index contributed by atoms with van der Waals surface area (Å²) in [4.78, 5) is 10.5. The smallest absolute Gasteiger partial charge is 0.226 e. The molecule has 2 rings (SSSR count). The monoisotopic (exact) mass is 272 g/mol. The van der Waals surface area contributed by atoms with E-state index in [1.165, 1.54) is 11.1 Å². The lowest BCUT2D eigenvalue weighted by Crippen LogP contribution is -2.13. The van der Waals surface area contributed by atoms with Crippen molar-refractivity contribution in [2.45, 2.75) is 13.2 Å². The van der Waals surface area contributed by atoms with Crippen LogP contribution in [0, 0.1) is 0 Å². The summed E-state index contributed by atoms with van der Waals surface area (Å²) in [5.74, 6) is 1.52. The van der Waals surface area contributed by atoms with Crippen LogP contribution < -0.4 is 10.2 Å². The Morgan fingerprint density at radius 3 is 2.75 bits per heavy atom. The molecule has 1 N–H and O–H groups in total. The van der Waals surface area contributed by atoms with E-state index in [-0.39, 0.29) is 0 Å². The Bertz CT molecular complexity index is 557. The van der Waals surface area contributed by atoms with Crippen molar-refractivity contribution < 1.29 is 4.74 Å². The van der Waals surface area contributed by atoms with Gasteiger partial charge in [0.05, 0.1) is 6.61 Å². The maximum atomic E-state index is 5.14. The third-order valence-electron chi connectivity index (χ3n) is 2.82. The molecule has 0 aliphatic heterocycles. The van der Waals surface area contributed by atoms with Gasteiger partial charge in [0.2, 0.25) is 5.95 Å². The lowest BCUT2D eigenvalue weighted by Gasteiger charge is -2.12. The summed E-state index contributed by atoms with van der Waals surface area (Å²) in [5.41, 5.74) is 2.37. The van der Waals surface area contributed by atoms with Crippen LogP contribution in [0.4, 0.5) is 11.8 Å². The molecule has 0 fully saturated rings. The maximum Gasteiger partial charge on any atom is 0.226 e. The van der Waals surface area contributed by atoms with Gasteiger partial charge in [0.15, 0.2) is 0 Å². The van der Waals surface area contributed by atoms with Crippen molar-refractivity contribution in [3.63, 3.8) is 0 Å². The normalized spacial score (nSPS) is 10.3. The number of benzene rings is 1. The summed E-state index contributed by atoms with van der Waals surface area (Å²) in [6, 6.07) is 10.2. The van der Waals surface area contributed by atoms with Gasteiger partial charge >= 0.3 is 0 Å². The molecule has 0 saturated carbocycles. The molecule has 1 aromatic carbocycles. The first-order valence-electron chi connectivity index (χ1n) is 6.50. The molecule has 0 unspecified atom stereocenters. The molecule has 0 spiro atoms. The van der Waals surface area contributed by atoms with Crippen LogP contribution in [0.2, 0.25) is 0 Å². The van der Waals surface area contributed by atoms with Crippen LogP contribution in [0.25, 0.3) is 0 Å². The first kappa shape index (κ1) is 14.3. The summed E-state index contributed by atoms with van der Waals surface area (Å²) < 4.78 is 5.14. The molecule has 0 bridgehead atoms. The van der Waals surface area contributed by atoms with Crippen molar-refractivity contribution in [2.75, 3.05) is 31.4 Å². The molecule has 0 amide bonds. The van der Waals surface area contributed by atoms with Crippen LogP contribution in [0.15, 0.2) is 36.5 Å². The van der Waals surface area contributed by atoms with Gasteiger partial charge in [0, 0.05) is 33.9 Å². The van der Waals surface area contributed by atoms with Crippen LogP contribution in [-0.2, 0) is 17.9 Å². The highest BCUT2D eigenvalue weighted by atomic mass is 16.5. The van der Waals surface area contributed by atoms with E-state index in [4.69, 9.17) is 4.74 Å². The summed E-state index contributed by atoms with van der Waals surface area (Å²) >= 11 is 0. The fourth-order valence-corrected chi connectivity index (χ4v) is 1.85. The van der Waals surface area contributed by atoms with Gasteiger partial charge in [-0.1, -0.05) is 24.3 Å². The second-order valence-electron chi connectivity index (χ2n) is 4.74. The van der Waals surface area contributed by atoms with Crippen LogP contribution in [0.1, 0.15) is 11.1 Å². The van der Waals surface area contributed by atoms with Gasteiger partial charge in [-0.2, -0.15) is 4.98 Å². The number of hydrogen-bond acceptors (Lipinski definition) is 5. The van der Waals surface area contributed by atoms with E-state index in [1.54, 1.807) is 13.3 Å². The summed E-state index contributed by atoms with van der Waals surface area (Å²) in [5, 5.41) is 3.31. The van der Waals surface area contributed by atoms with Crippen molar-refractivity contribution >= 4 is 11.8 Å². The molecule has 106 valence electrons. The van der Waals surface area contributed by atoms with Crippen LogP contribution in [-0.4, -0.2) is 31.2 Å². The minimum atomic E-state index is 0.631. The lowest BCUT2D eigenvalue weighted by molar-refractivity contribution is 0.185. The molecule has 5 nitrogen and oxygen atoms in total. The topological polar surface area (TPSA) is 50.3 Å².